The number of aromatic carboxylic acids is 1. The van der Waals surface area contributed by atoms with Crippen LogP contribution in [0, 0.1) is 11.6 Å². The summed E-state index contributed by atoms with van der Waals surface area (Å²) >= 11 is 0. The number of benzene rings is 1. The molecule has 0 bridgehead atoms. The minimum atomic E-state index is -1.24. The van der Waals surface area contributed by atoms with Crippen molar-refractivity contribution in [1.29, 1.82) is 0 Å². The molecule has 100 valence electrons. The Labute approximate surface area is 107 Å². The predicted octanol–water partition coefficient (Wildman–Crippen LogP) is 2.98. The zero-order valence-electron chi connectivity index (χ0n) is 10.3. The fourth-order valence-corrected chi connectivity index (χ4v) is 1.78. The molecule has 0 fully saturated rings. The zero-order valence-corrected chi connectivity index (χ0v) is 10.3. The molecule has 2 aromatic rings. The standard InChI is InChI=1S/C13H11F2NO3/c1-13(2,8-5-7(14)3-4-9(8)15)11-6-10(12(17)18)16-19-11/h3-6H,1-2H3,(H,17,18). The quantitative estimate of drug-likeness (QED) is 0.928. The molecule has 0 atom stereocenters. The van der Waals surface area contributed by atoms with Crippen LogP contribution in [0.2, 0.25) is 0 Å². The smallest absolute Gasteiger partial charge is 0.358 e. The van der Waals surface area contributed by atoms with Crippen LogP contribution in [0.4, 0.5) is 8.78 Å². The van der Waals surface area contributed by atoms with Crippen molar-refractivity contribution in [1.82, 2.24) is 5.16 Å². The van der Waals surface area contributed by atoms with Crippen LogP contribution in [0.15, 0.2) is 28.8 Å². The molecule has 0 saturated carbocycles. The highest BCUT2D eigenvalue weighted by Gasteiger charge is 2.32. The minimum Gasteiger partial charge on any atom is -0.476 e. The Morgan fingerprint density at radius 2 is 2.00 bits per heavy atom. The molecule has 0 unspecified atom stereocenters. The van der Waals surface area contributed by atoms with Crippen molar-refractivity contribution in [2.24, 2.45) is 0 Å². The molecule has 19 heavy (non-hydrogen) atoms. The maximum absolute atomic E-state index is 13.8. The Morgan fingerprint density at radius 1 is 1.32 bits per heavy atom. The van der Waals surface area contributed by atoms with E-state index >= 15 is 0 Å². The molecule has 4 nitrogen and oxygen atoms in total. The van der Waals surface area contributed by atoms with E-state index in [9.17, 15) is 13.6 Å². The molecule has 2 rings (SSSR count). The Bertz CT molecular complexity index is 635. The number of halogens is 2. The fraction of sp³-hybridized carbons (Fsp3) is 0.231. The highest BCUT2D eigenvalue weighted by atomic mass is 19.1. The SMILES string of the molecule is CC(C)(c1cc(C(=O)O)no1)c1cc(F)ccc1F. The minimum absolute atomic E-state index is 0.0700. The summed E-state index contributed by atoms with van der Waals surface area (Å²) in [6, 6.07) is 4.28. The summed E-state index contributed by atoms with van der Waals surface area (Å²) in [7, 11) is 0. The van der Waals surface area contributed by atoms with E-state index in [4.69, 9.17) is 9.63 Å². The summed E-state index contributed by atoms with van der Waals surface area (Å²) in [5.41, 5.74) is -1.24. The third-order valence-electron chi connectivity index (χ3n) is 2.95. The number of hydrogen-bond acceptors (Lipinski definition) is 3. The van der Waals surface area contributed by atoms with Gasteiger partial charge in [-0.1, -0.05) is 5.16 Å². The van der Waals surface area contributed by atoms with Gasteiger partial charge in [0.15, 0.2) is 5.69 Å². The van der Waals surface area contributed by atoms with Crippen LogP contribution < -0.4 is 0 Å². The highest BCUT2D eigenvalue weighted by Crippen LogP contribution is 2.33. The van der Waals surface area contributed by atoms with E-state index in [0.29, 0.717) is 0 Å². The van der Waals surface area contributed by atoms with Gasteiger partial charge in [0.1, 0.15) is 17.4 Å². The third kappa shape index (κ3) is 2.33. The van der Waals surface area contributed by atoms with E-state index in [0.717, 1.165) is 18.2 Å². The lowest BCUT2D eigenvalue weighted by Gasteiger charge is -2.22. The van der Waals surface area contributed by atoms with Crippen molar-refractivity contribution in [3.05, 3.63) is 52.9 Å². The maximum atomic E-state index is 13.8. The van der Waals surface area contributed by atoms with Gasteiger partial charge in [0.2, 0.25) is 0 Å². The molecule has 0 spiro atoms. The van der Waals surface area contributed by atoms with Crippen LogP contribution >= 0.6 is 0 Å². The normalized spacial score (nSPS) is 11.6. The molecular weight excluding hydrogens is 256 g/mol. The number of carboxylic acids is 1. The van der Waals surface area contributed by atoms with Crippen LogP contribution in [-0.4, -0.2) is 16.2 Å². The number of rotatable bonds is 3. The van der Waals surface area contributed by atoms with E-state index in [1.165, 1.54) is 6.07 Å². The summed E-state index contributed by atoms with van der Waals surface area (Å²) in [4.78, 5) is 10.7. The largest absolute Gasteiger partial charge is 0.476 e. The predicted molar refractivity (Wildman–Crippen MR) is 61.9 cm³/mol. The van der Waals surface area contributed by atoms with Gasteiger partial charge in [-0.25, -0.2) is 13.6 Å². The Hall–Kier alpha value is -2.24. The second-order valence-electron chi connectivity index (χ2n) is 4.63. The lowest BCUT2D eigenvalue weighted by molar-refractivity contribution is 0.0685. The molecular formula is C13H11F2NO3. The first-order valence-corrected chi connectivity index (χ1v) is 5.48. The Balaban J connectivity index is 2.51. The first-order valence-electron chi connectivity index (χ1n) is 5.48. The van der Waals surface area contributed by atoms with E-state index < -0.39 is 23.0 Å². The van der Waals surface area contributed by atoms with Gasteiger partial charge in [-0.15, -0.1) is 0 Å². The molecule has 1 aromatic carbocycles. The number of carboxylic acid groups (broad SMARTS) is 1. The molecule has 0 amide bonds. The van der Waals surface area contributed by atoms with Gasteiger partial charge in [0.05, 0.1) is 5.41 Å². The maximum Gasteiger partial charge on any atom is 0.358 e. The van der Waals surface area contributed by atoms with Crippen LogP contribution in [0.5, 0.6) is 0 Å². The molecule has 0 saturated heterocycles. The summed E-state index contributed by atoms with van der Waals surface area (Å²) in [5, 5.41) is 12.1. The first-order chi connectivity index (χ1) is 8.82. The second kappa shape index (κ2) is 4.46. The van der Waals surface area contributed by atoms with Crippen molar-refractivity contribution in [3.63, 3.8) is 0 Å². The van der Waals surface area contributed by atoms with Crippen LogP contribution in [-0.2, 0) is 5.41 Å². The average molecular weight is 267 g/mol. The van der Waals surface area contributed by atoms with Gasteiger partial charge in [-0.05, 0) is 32.0 Å². The molecule has 0 radical (unpaired) electrons. The first kappa shape index (κ1) is 13.2. The molecule has 0 aliphatic carbocycles. The number of nitrogens with zero attached hydrogens (tertiary/aromatic N) is 1. The Kier molecular flexibility index (Phi) is 3.09. The Morgan fingerprint density at radius 3 is 2.58 bits per heavy atom. The van der Waals surface area contributed by atoms with Gasteiger partial charge in [0, 0.05) is 11.6 Å². The molecule has 1 heterocycles. The van der Waals surface area contributed by atoms with Gasteiger partial charge in [-0.3, -0.25) is 0 Å². The highest BCUT2D eigenvalue weighted by molar-refractivity contribution is 5.85. The number of carbonyl (C=O) groups is 1. The summed E-state index contributed by atoms with van der Waals surface area (Å²) in [5.74, 6) is -2.28. The summed E-state index contributed by atoms with van der Waals surface area (Å²) < 4.78 is 31.9. The van der Waals surface area contributed by atoms with E-state index in [1.54, 1.807) is 13.8 Å². The topological polar surface area (TPSA) is 63.3 Å². The average Bonchev–Trinajstić information content (AvgIpc) is 2.82. The van der Waals surface area contributed by atoms with Gasteiger partial charge in [0.25, 0.3) is 0 Å². The number of hydrogen-bond donors (Lipinski definition) is 1. The fourth-order valence-electron chi connectivity index (χ4n) is 1.78. The van der Waals surface area contributed by atoms with Crippen molar-refractivity contribution in [2.75, 3.05) is 0 Å². The van der Waals surface area contributed by atoms with Gasteiger partial charge in [-0.2, -0.15) is 0 Å². The third-order valence-corrected chi connectivity index (χ3v) is 2.95. The van der Waals surface area contributed by atoms with E-state index in [-0.39, 0.29) is 17.0 Å². The lowest BCUT2D eigenvalue weighted by atomic mass is 9.81. The van der Waals surface area contributed by atoms with Crippen LogP contribution in [0.1, 0.15) is 35.7 Å². The monoisotopic (exact) mass is 267 g/mol. The van der Waals surface area contributed by atoms with E-state index in [2.05, 4.69) is 5.16 Å². The van der Waals surface area contributed by atoms with Crippen LogP contribution in [0.25, 0.3) is 0 Å². The van der Waals surface area contributed by atoms with Crippen molar-refractivity contribution in [3.8, 4) is 0 Å². The van der Waals surface area contributed by atoms with Crippen molar-refractivity contribution in [2.45, 2.75) is 19.3 Å². The molecule has 1 N–H and O–H groups in total. The summed E-state index contributed by atoms with van der Waals surface area (Å²) in [6.07, 6.45) is 0. The molecule has 6 heteroatoms. The second-order valence-corrected chi connectivity index (χ2v) is 4.63. The van der Waals surface area contributed by atoms with Gasteiger partial charge < -0.3 is 9.63 Å². The van der Waals surface area contributed by atoms with E-state index in [1.807, 2.05) is 0 Å². The molecule has 0 aliphatic rings. The van der Waals surface area contributed by atoms with Crippen molar-refractivity contribution >= 4 is 5.97 Å². The van der Waals surface area contributed by atoms with Crippen molar-refractivity contribution < 1.29 is 23.2 Å². The molecule has 0 aliphatic heterocycles. The van der Waals surface area contributed by atoms with Crippen LogP contribution in [0.3, 0.4) is 0 Å². The molecule has 1 aromatic heterocycles. The number of aromatic nitrogens is 1. The summed E-state index contributed by atoms with van der Waals surface area (Å²) in [6.45, 7) is 3.19. The lowest BCUT2D eigenvalue weighted by Crippen LogP contribution is -2.20. The van der Waals surface area contributed by atoms with Gasteiger partial charge >= 0.3 is 5.97 Å². The zero-order chi connectivity index (χ0) is 14.2.